The van der Waals surface area contributed by atoms with Gasteiger partial charge in [0.1, 0.15) is 5.92 Å². The summed E-state index contributed by atoms with van der Waals surface area (Å²) in [5, 5.41) is 0. The van der Waals surface area contributed by atoms with Gasteiger partial charge in [-0.05, 0) is 30.2 Å². The zero-order valence-electron chi connectivity index (χ0n) is 13.6. The van der Waals surface area contributed by atoms with Crippen molar-refractivity contribution >= 4 is 17.5 Å². The lowest BCUT2D eigenvalue weighted by Gasteiger charge is -2.19. The normalized spacial score (nSPS) is 12.3. The summed E-state index contributed by atoms with van der Waals surface area (Å²) in [6.45, 7) is 1.97. The predicted octanol–water partition coefficient (Wildman–Crippen LogP) is 2.98. The van der Waals surface area contributed by atoms with Crippen molar-refractivity contribution in [1.29, 1.82) is 0 Å². The molecule has 0 aliphatic heterocycles. The number of carbonyl (C=O) groups excluding carboxylic acids is 2. The van der Waals surface area contributed by atoms with Crippen LogP contribution in [-0.4, -0.2) is 30.6 Å². The van der Waals surface area contributed by atoms with E-state index in [1.54, 1.807) is 31.3 Å². The largest absolute Gasteiger partial charge is 0.466 e. The number of ether oxygens (including phenoxy) is 2. The van der Waals surface area contributed by atoms with Gasteiger partial charge in [0.15, 0.2) is 0 Å². The minimum atomic E-state index is -0.812. The van der Waals surface area contributed by atoms with Crippen molar-refractivity contribution in [2.24, 2.45) is 0 Å². The van der Waals surface area contributed by atoms with Crippen molar-refractivity contribution in [2.45, 2.75) is 12.8 Å². The lowest BCUT2D eigenvalue weighted by Crippen LogP contribution is -2.19. The molecule has 0 aliphatic rings. The Bertz CT molecular complexity index is 711. The SMILES string of the molecule is CCOC(=O)C(/C(=C/C(=O)OC)c1ccccc1)c1ccccn1. The summed E-state index contributed by atoms with van der Waals surface area (Å²) < 4.78 is 9.94. The van der Waals surface area contributed by atoms with E-state index in [9.17, 15) is 9.59 Å². The van der Waals surface area contributed by atoms with Crippen LogP contribution < -0.4 is 0 Å². The van der Waals surface area contributed by atoms with Gasteiger partial charge in [-0.2, -0.15) is 0 Å². The maximum atomic E-state index is 12.6. The van der Waals surface area contributed by atoms with E-state index in [0.717, 1.165) is 5.56 Å². The van der Waals surface area contributed by atoms with E-state index in [0.29, 0.717) is 11.3 Å². The minimum Gasteiger partial charge on any atom is -0.466 e. The van der Waals surface area contributed by atoms with Gasteiger partial charge in [0.2, 0.25) is 0 Å². The van der Waals surface area contributed by atoms with Crippen molar-refractivity contribution in [3.05, 3.63) is 72.1 Å². The summed E-state index contributed by atoms with van der Waals surface area (Å²) in [6.07, 6.45) is 2.91. The van der Waals surface area contributed by atoms with Crippen LogP contribution in [0.1, 0.15) is 24.1 Å². The molecule has 0 N–H and O–H groups in total. The zero-order chi connectivity index (χ0) is 17.4. The molecule has 1 unspecified atom stereocenters. The summed E-state index contributed by atoms with van der Waals surface area (Å²) in [6, 6.07) is 14.5. The van der Waals surface area contributed by atoms with E-state index >= 15 is 0 Å². The molecule has 0 amide bonds. The second-order valence-electron chi connectivity index (χ2n) is 4.93. The molecule has 5 heteroatoms. The standard InChI is InChI=1S/C19H19NO4/c1-3-24-19(22)18(16-11-7-8-12-20-16)15(13-17(21)23-2)14-9-5-4-6-10-14/h4-13,18H,3H2,1-2H3/b15-13+. The van der Waals surface area contributed by atoms with Crippen LogP contribution in [0.5, 0.6) is 0 Å². The Hall–Kier alpha value is -2.95. The van der Waals surface area contributed by atoms with Crippen molar-refractivity contribution in [2.75, 3.05) is 13.7 Å². The highest BCUT2D eigenvalue weighted by Crippen LogP contribution is 2.32. The van der Waals surface area contributed by atoms with E-state index in [4.69, 9.17) is 9.47 Å². The average Bonchev–Trinajstić information content (AvgIpc) is 2.63. The molecular weight excluding hydrogens is 306 g/mol. The van der Waals surface area contributed by atoms with Gasteiger partial charge >= 0.3 is 11.9 Å². The van der Waals surface area contributed by atoms with Crippen LogP contribution in [0.2, 0.25) is 0 Å². The molecule has 5 nitrogen and oxygen atoms in total. The van der Waals surface area contributed by atoms with Gasteiger partial charge in [-0.15, -0.1) is 0 Å². The Labute approximate surface area is 140 Å². The van der Waals surface area contributed by atoms with Crippen LogP contribution >= 0.6 is 0 Å². The monoisotopic (exact) mass is 325 g/mol. The molecule has 24 heavy (non-hydrogen) atoms. The molecule has 0 saturated heterocycles. The van der Waals surface area contributed by atoms with Gasteiger partial charge in [0.05, 0.1) is 19.4 Å². The molecule has 1 heterocycles. The fourth-order valence-electron chi connectivity index (χ4n) is 2.33. The summed E-state index contributed by atoms with van der Waals surface area (Å²) in [7, 11) is 1.29. The number of pyridine rings is 1. The summed E-state index contributed by atoms with van der Waals surface area (Å²) >= 11 is 0. The first kappa shape index (κ1) is 17.4. The third kappa shape index (κ3) is 4.29. The summed E-state index contributed by atoms with van der Waals surface area (Å²) in [5.41, 5.74) is 1.72. The molecule has 0 fully saturated rings. The number of nitrogens with zero attached hydrogens (tertiary/aromatic N) is 1. The number of methoxy groups -OCH3 is 1. The number of hydrogen-bond donors (Lipinski definition) is 0. The molecule has 124 valence electrons. The maximum absolute atomic E-state index is 12.6. The first-order chi connectivity index (χ1) is 11.7. The van der Waals surface area contributed by atoms with Crippen LogP contribution in [0, 0.1) is 0 Å². The van der Waals surface area contributed by atoms with Crippen LogP contribution in [-0.2, 0) is 19.1 Å². The Morgan fingerprint density at radius 2 is 1.83 bits per heavy atom. The van der Waals surface area contributed by atoms with Crippen molar-refractivity contribution in [3.8, 4) is 0 Å². The molecule has 2 rings (SSSR count). The van der Waals surface area contributed by atoms with E-state index in [1.165, 1.54) is 13.2 Å². The quantitative estimate of drug-likeness (QED) is 0.603. The predicted molar refractivity (Wildman–Crippen MR) is 90.0 cm³/mol. The van der Waals surface area contributed by atoms with Gasteiger partial charge in [-0.3, -0.25) is 9.78 Å². The third-order valence-electron chi connectivity index (χ3n) is 3.40. The molecule has 1 aromatic heterocycles. The number of esters is 2. The highest BCUT2D eigenvalue weighted by Gasteiger charge is 2.29. The molecule has 1 aromatic carbocycles. The lowest BCUT2D eigenvalue weighted by atomic mass is 9.89. The van der Waals surface area contributed by atoms with Crippen LogP contribution in [0.25, 0.3) is 5.57 Å². The minimum absolute atomic E-state index is 0.239. The van der Waals surface area contributed by atoms with E-state index < -0.39 is 17.9 Å². The van der Waals surface area contributed by atoms with Crippen molar-refractivity contribution < 1.29 is 19.1 Å². The van der Waals surface area contributed by atoms with Gasteiger partial charge in [-0.25, -0.2) is 4.79 Å². The van der Waals surface area contributed by atoms with E-state index in [1.807, 2.05) is 30.3 Å². The second kappa shape index (κ2) is 8.62. The second-order valence-corrected chi connectivity index (χ2v) is 4.93. The number of carbonyl (C=O) groups is 2. The molecule has 0 bridgehead atoms. The number of benzene rings is 1. The Kier molecular flexibility index (Phi) is 6.25. The van der Waals surface area contributed by atoms with Gasteiger partial charge in [0.25, 0.3) is 0 Å². The van der Waals surface area contributed by atoms with Crippen molar-refractivity contribution in [3.63, 3.8) is 0 Å². The van der Waals surface area contributed by atoms with Crippen LogP contribution in [0.3, 0.4) is 0 Å². The molecule has 0 aliphatic carbocycles. The third-order valence-corrected chi connectivity index (χ3v) is 3.40. The van der Waals surface area contributed by atoms with Gasteiger partial charge < -0.3 is 9.47 Å². The average molecular weight is 325 g/mol. The lowest BCUT2D eigenvalue weighted by molar-refractivity contribution is -0.143. The van der Waals surface area contributed by atoms with Crippen LogP contribution in [0.15, 0.2) is 60.8 Å². The Morgan fingerprint density at radius 3 is 2.42 bits per heavy atom. The number of hydrogen-bond acceptors (Lipinski definition) is 5. The smallest absolute Gasteiger partial charge is 0.330 e. The first-order valence-electron chi connectivity index (χ1n) is 7.60. The zero-order valence-corrected chi connectivity index (χ0v) is 13.6. The Balaban J connectivity index is 2.58. The fourth-order valence-corrected chi connectivity index (χ4v) is 2.33. The molecule has 1 atom stereocenters. The van der Waals surface area contributed by atoms with E-state index in [-0.39, 0.29) is 6.61 Å². The molecule has 0 spiro atoms. The van der Waals surface area contributed by atoms with Gasteiger partial charge in [0, 0.05) is 12.3 Å². The molecular formula is C19H19NO4. The maximum Gasteiger partial charge on any atom is 0.330 e. The van der Waals surface area contributed by atoms with E-state index in [2.05, 4.69) is 4.98 Å². The number of rotatable bonds is 6. The highest BCUT2D eigenvalue weighted by atomic mass is 16.5. The topological polar surface area (TPSA) is 65.5 Å². The summed E-state index contributed by atoms with van der Waals surface area (Å²) in [5.74, 6) is -1.82. The van der Waals surface area contributed by atoms with Gasteiger partial charge in [-0.1, -0.05) is 36.4 Å². The highest BCUT2D eigenvalue weighted by molar-refractivity contribution is 6.00. The summed E-state index contributed by atoms with van der Waals surface area (Å²) in [4.78, 5) is 28.7. The first-order valence-corrected chi connectivity index (χ1v) is 7.60. The van der Waals surface area contributed by atoms with Crippen molar-refractivity contribution in [1.82, 2.24) is 4.98 Å². The molecule has 2 aromatic rings. The Morgan fingerprint density at radius 1 is 1.12 bits per heavy atom. The number of aromatic nitrogens is 1. The fraction of sp³-hybridized carbons (Fsp3) is 0.211. The molecule has 0 saturated carbocycles. The molecule has 0 radical (unpaired) electrons. The van der Waals surface area contributed by atoms with Crippen LogP contribution in [0.4, 0.5) is 0 Å².